The highest BCUT2D eigenvalue weighted by Crippen LogP contribution is 2.35. The summed E-state index contributed by atoms with van der Waals surface area (Å²) in [4.78, 5) is 14.9. The van der Waals surface area contributed by atoms with Crippen LogP contribution in [0.25, 0.3) is 0 Å². The molecule has 0 spiro atoms. The lowest BCUT2D eigenvalue weighted by Gasteiger charge is -2.44. The molecule has 0 N–H and O–H groups in total. The van der Waals surface area contributed by atoms with Crippen molar-refractivity contribution in [1.29, 1.82) is 5.26 Å². The van der Waals surface area contributed by atoms with Gasteiger partial charge in [-0.05, 0) is 62.8 Å². The second-order valence-corrected chi connectivity index (χ2v) is 6.68. The number of amides is 1. The van der Waals surface area contributed by atoms with Crippen molar-refractivity contribution in [2.75, 3.05) is 6.54 Å². The summed E-state index contributed by atoms with van der Waals surface area (Å²) >= 11 is 0. The van der Waals surface area contributed by atoms with Gasteiger partial charge in [0.1, 0.15) is 5.75 Å². The molecule has 122 valence electrons. The molecular weight excluding hydrogens is 288 g/mol. The minimum atomic E-state index is -0.483. The lowest BCUT2D eigenvalue weighted by atomic mass is 9.78. The molecule has 1 amide bonds. The third-order valence-corrected chi connectivity index (χ3v) is 5.17. The van der Waals surface area contributed by atoms with Crippen LogP contribution in [-0.4, -0.2) is 29.5 Å². The van der Waals surface area contributed by atoms with E-state index in [1.54, 1.807) is 24.3 Å². The maximum atomic E-state index is 12.8. The first-order valence-corrected chi connectivity index (χ1v) is 8.66. The minimum Gasteiger partial charge on any atom is -0.481 e. The number of ether oxygens (including phenoxy) is 1. The second-order valence-electron chi connectivity index (χ2n) is 6.68. The Morgan fingerprint density at radius 1 is 1.22 bits per heavy atom. The Kier molecular flexibility index (Phi) is 4.85. The Bertz CT molecular complexity index is 588. The number of hydrogen-bond donors (Lipinski definition) is 0. The van der Waals surface area contributed by atoms with Crippen LogP contribution in [0.1, 0.15) is 51.0 Å². The standard InChI is InChI=1S/C19H24N2O2/c1-14(23-17-10-8-15(13-20)9-11-17)19(22)21-12-4-6-16-5-2-3-7-18(16)21/h8-11,14,16,18H,2-7,12H2,1H3/t14-,16-,18+/m1/s1. The number of rotatable bonds is 3. The highest BCUT2D eigenvalue weighted by Gasteiger charge is 2.37. The largest absolute Gasteiger partial charge is 0.481 e. The van der Waals surface area contributed by atoms with Gasteiger partial charge in [-0.3, -0.25) is 4.79 Å². The molecule has 4 nitrogen and oxygen atoms in total. The van der Waals surface area contributed by atoms with Gasteiger partial charge in [-0.25, -0.2) is 0 Å². The SMILES string of the molecule is C[C@@H](Oc1ccc(C#N)cc1)C(=O)N1CCC[C@H]2CCCC[C@@H]21. The molecule has 2 aliphatic rings. The van der Waals surface area contributed by atoms with E-state index in [4.69, 9.17) is 10.00 Å². The summed E-state index contributed by atoms with van der Waals surface area (Å²) in [6.45, 7) is 2.69. The number of benzene rings is 1. The topological polar surface area (TPSA) is 53.3 Å². The summed E-state index contributed by atoms with van der Waals surface area (Å²) in [7, 11) is 0. The molecule has 1 aliphatic heterocycles. The van der Waals surface area contributed by atoms with Crippen molar-refractivity contribution in [2.24, 2.45) is 5.92 Å². The average Bonchev–Trinajstić information content (AvgIpc) is 2.61. The number of carbonyl (C=O) groups is 1. The lowest BCUT2D eigenvalue weighted by molar-refractivity contribution is -0.144. The van der Waals surface area contributed by atoms with E-state index in [9.17, 15) is 4.79 Å². The third-order valence-electron chi connectivity index (χ3n) is 5.17. The summed E-state index contributed by atoms with van der Waals surface area (Å²) in [5.74, 6) is 1.43. The van der Waals surface area contributed by atoms with Gasteiger partial charge in [0.25, 0.3) is 5.91 Å². The van der Waals surface area contributed by atoms with Gasteiger partial charge in [0, 0.05) is 12.6 Å². The zero-order chi connectivity index (χ0) is 16.2. The highest BCUT2D eigenvalue weighted by molar-refractivity contribution is 5.81. The van der Waals surface area contributed by atoms with Crippen molar-refractivity contribution < 1.29 is 9.53 Å². The molecule has 1 saturated heterocycles. The van der Waals surface area contributed by atoms with Gasteiger partial charge in [-0.2, -0.15) is 5.26 Å². The first kappa shape index (κ1) is 15.9. The van der Waals surface area contributed by atoms with Gasteiger partial charge in [0.15, 0.2) is 6.10 Å². The Labute approximate surface area is 138 Å². The molecule has 0 aromatic heterocycles. The third kappa shape index (κ3) is 3.50. The Hall–Kier alpha value is -2.02. The number of nitrogens with zero attached hydrogens (tertiary/aromatic N) is 2. The molecular formula is C19H24N2O2. The van der Waals surface area contributed by atoms with E-state index in [1.165, 1.54) is 25.7 Å². The van der Waals surface area contributed by atoms with Crippen LogP contribution in [-0.2, 0) is 4.79 Å². The van der Waals surface area contributed by atoms with E-state index >= 15 is 0 Å². The van der Waals surface area contributed by atoms with E-state index in [0.29, 0.717) is 23.3 Å². The van der Waals surface area contributed by atoms with Crippen LogP contribution in [0.2, 0.25) is 0 Å². The van der Waals surface area contributed by atoms with Crippen LogP contribution < -0.4 is 4.74 Å². The maximum Gasteiger partial charge on any atom is 0.263 e. The number of piperidine rings is 1. The van der Waals surface area contributed by atoms with E-state index < -0.39 is 6.10 Å². The maximum absolute atomic E-state index is 12.8. The van der Waals surface area contributed by atoms with Gasteiger partial charge >= 0.3 is 0 Å². The molecule has 1 aromatic carbocycles. The zero-order valence-electron chi connectivity index (χ0n) is 13.7. The van der Waals surface area contributed by atoms with E-state index in [2.05, 4.69) is 11.0 Å². The molecule has 2 fully saturated rings. The number of hydrogen-bond acceptors (Lipinski definition) is 3. The normalized spacial score (nSPS) is 25.1. The molecule has 1 heterocycles. The van der Waals surface area contributed by atoms with E-state index in [-0.39, 0.29) is 5.91 Å². The van der Waals surface area contributed by atoms with Crippen LogP contribution in [0.4, 0.5) is 0 Å². The van der Waals surface area contributed by atoms with Crippen LogP contribution in [0, 0.1) is 17.2 Å². The van der Waals surface area contributed by atoms with Gasteiger partial charge < -0.3 is 9.64 Å². The van der Waals surface area contributed by atoms with Crippen molar-refractivity contribution in [3.63, 3.8) is 0 Å². The first-order chi connectivity index (χ1) is 11.2. The number of likely N-dealkylation sites (tertiary alicyclic amines) is 1. The molecule has 3 rings (SSSR count). The predicted octanol–water partition coefficient (Wildman–Crippen LogP) is 3.51. The summed E-state index contributed by atoms with van der Waals surface area (Å²) in [5, 5.41) is 8.83. The average molecular weight is 312 g/mol. The quantitative estimate of drug-likeness (QED) is 0.858. The van der Waals surface area contributed by atoms with Crippen molar-refractivity contribution in [1.82, 2.24) is 4.90 Å². The monoisotopic (exact) mass is 312 g/mol. The molecule has 4 heteroatoms. The van der Waals surface area contributed by atoms with Gasteiger partial charge in [-0.15, -0.1) is 0 Å². The number of fused-ring (bicyclic) bond motifs is 1. The smallest absolute Gasteiger partial charge is 0.263 e. The van der Waals surface area contributed by atoms with Gasteiger partial charge in [-0.1, -0.05) is 12.8 Å². The van der Waals surface area contributed by atoms with E-state index in [0.717, 1.165) is 19.4 Å². The molecule has 1 aliphatic carbocycles. The fraction of sp³-hybridized carbons (Fsp3) is 0.579. The number of nitriles is 1. The molecule has 0 unspecified atom stereocenters. The molecule has 1 saturated carbocycles. The zero-order valence-corrected chi connectivity index (χ0v) is 13.7. The lowest BCUT2D eigenvalue weighted by Crippen LogP contribution is -2.53. The van der Waals surface area contributed by atoms with Crippen LogP contribution in [0.5, 0.6) is 5.75 Å². The fourth-order valence-corrected chi connectivity index (χ4v) is 3.99. The van der Waals surface area contributed by atoms with Crippen molar-refractivity contribution in [3.05, 3.63) is 29.8 Å². The summed E-state index contributed by atoms with van der Waals surface area (Å²) in [6, 6.07) is 9.43. The fourth-order valence-electron chi connectivity index (χ4n) is 3.99. The molecule has 3 atom stereocenters. The summed E-state index contributed by atoms with van der Waals surface area (Å²) < 4.78 is 5.81. The van der Waals surface area contributed by atoms with Crippen molar-refractivity contribution in [3.8, 4) is 11.8 Å². The molecule has 23 heavy (non-hydrogen) atoms. The van der Waals surface area contributed by atoms with E-state index in [1.807, 2.05) is 6.92 Å². The molecule has 1 aromatic rings. The molecule has 0 radical (unpaired) electrons. The Morgan fingerprint density at radius 2 is 1.91 bits per heavy atom. The summed E-state index contributed by atoms with van der Waals surface area (Å²) in [5.41, 5.74) is 0.595. The number of carbonyl (C=O) groups excluding carboxylic acids is 1. The van der Waals surface area contributed by atoms with Crippen molar-refractivity contribution in [2.45, 2.75) is 57.6 Å². The predicted molar refractivity (Wildman–Crippen MR) is 87.9 cm³/mol. The van der Waals surface area contributed by atoms with Crippen molar-refractivity contribution >= 4 is 5.91 Å². The second kappa shape index (κ2) is 7.04. The minimum absolute atomic E-state index is 0.103. The highest BCUT2D eigenvalue weighted by atomic mass is 16.5. The van der Waals surface area contributed by atoms with Crippen LogP contribution >= 0.6 is 0 Å². The van der Waals surface area contributed by atoms with Gasteiger partial charge in [0.2, 0.25) is 0 Å². The van der Waals surface area contributed by atoms with Crippen LogP contribution in [0.15, 0.2) is 24.3 Å². The first-order valence-electron chi connectivity index (χ1n) is 8.66. The molecule has 0 bridgehead atoms. The Morgan fingerprint density at radius 3 is 2.65 bits per heavy atom. The van der Waals surface area contributed by atoms with Crippen LogP contribution in [0.3, 0.4) is 0 Å². The van der Waals surface area contributed by atoms with Gasteiger partial charge in [0.05, 0.1) is 11.6 Å². The summed E-state index contributed by atoms with van der Waals surface area (Å²) in [6.07, 6.45) is 6.83. The Balaban J connectivity index is 1.65.